The third kappa shape index (κ3) is 35.0. The molecule has 0 aliphatic carbocycles. The van der Waals surface area contributed by atoms with E-state index in [0.29, 0.717) is 19.3 Å². The van der Waals surface area contributed by atoms with Gasteiger partial charge in [-0.05, 0) is 57.8 Å². The highest BCUT2D eigenvalue weighted by atomic mass is 16.6. The number of esters is 2. The number of nitrogens with zero attached hydrogens (tertiary/aromatic N) is 1. The fourth-order valence-corrected chi connectivity index (χ4v) is 6.14. The van der Waals surface area contributed by atoms with Crippen LogP contribution in [-0.2, 0) is 28.6 Å². The monoisotopic (exact) mass is 761 g/mol. The highest BCUT2D eigenvalue weighted by molar-refractivity contribution is 5.72. The molecule has 0 saturated carbocycles. The van der Waals surface area contributed by atoms with Crippen LogP contribution in [0.2, 0.25) is 0 Å². The Kier molecular flexibility index (Phi) is 35.4. The lowest BCUT2D eigenvalue weighted by Crippen LogP contribution is -2.50. The molecule has 0 aromatic carbocycles. The van der Waals surface area contributed by atoms with Crippen LogP contribution >= 0.6 is 0 Å². The lowest BCUT2D eigenvalue weighted by atomic mass is 10.1. The maximum atomic E-state index is 12.7. The number of quaternary nitrogens is 1. The number of aliphatic carboxylic acids is 1. The molecular weight excluding hydrogens is 679 g/mol. The molecule has 0 spiro atoms. The minimum absolute atomic E-state index is 0.0520. The van der Waals surface area contributed by atoms with E-state index in [1.54, 1.807) is 0 Å². The van der Waals surface area contributed by atoms with Crippen LogP contribution in [0, 0.1) is 0 Å². The summed E-state index contributed by atoms with van der Waals surface area (Å²) in [6, 6.07) is -0.619. The Morgan fingerprint density at radius 1 is 0.574 bits per heavy atom. The first-order chi connectivity index (χ1) is 26.1. The first-order valence-electron chi connectivity index (χ1n) is 21.7. The molecule has 0 fully saturated rings. The molecule has 1 N–H and O–H groups in total. The second-order valence-corrected chi connectivity index (χ2v) is 15.6. The summed E-state index contributed by atoms with van der Waals surface area (Å²) in [5, 5.41) is 9.61. The maximum Gasteiger partial charge on any atom is 0.362 e. The summed E-state index contributed by atoms with van der Waals surface area (Å²) in [6.45, 7) is 4.57. The minimum Gasteiger partial charge on any atom is -0.477 e. The lowest BCUT2D eigenvalue weighted by molar-refractivity contribution is -0.887. The van der Waals surface area contributed by atoms with E-state index in [4.69, 9.17) is 14.2 Å². The minimum atomic E-state index is -0.880. The molecule has 312 valence electrons. The molecule has 54 heavy (non-hydrogen) atoms. The Morgan fingerprint density at radius 2 is 1.06 bits per heavy atom. The fraction of sp³-hybridized carbons (Fsp3) is 0.761. The summed E-state index contributed by atoms with van der Waals surface area (Å²) in [5.41, 5.74) is 0. The van der Waals surface area contributed by atoms with E-state index >= 15 is 0 Å². The van der Waals surface area contributed by atoms with Crippen molar-refractivity contribution in [3.8, 4) is 0 Å². The zero-order chi connectivity index (χ0) is 40.0. The molecule has 0 aliphatic heterocycles. The molecular formula is C46H82NO7+. The molecule has 0 bridgehead atoms. The SMILES string of the molecule is CC/C=C/C=C/C=C/CCCCCCCC(=O)OCC(COCCC(C(=O)O)[N+](C)(C)C)OC(=O)CCCCCCCCC/C=C/CCCCCCCC. The fourth-order valence-electron chi connectivity index (χ4n) is 6.14. The highest BCUT2D eigenvalue weighted by Gasteiger charge is 2.31. The van der Waals surface area contributed by atoms with E-state index in [1.165, 1.54) is 77.0 Å². The first-order valence-corrected chi connectivity index (χ1v) is 21.7. The summed E-state index contributed by atoms with van der Waals surface area (Å²) in [6.07, 6.45) is 42.9. The number of likely N-dealkylation sites (N-methyl/N-ethyl adjacent to an activating group) is 1. The van der Waals surface area contributed by atoms with Gasteiger partial charge in [-0.15, -0.1) is 0 Å². The van der Waals surface area contributed by atoms with Gasteiger partial charge in [-0.1, -0.05) is 146 Å². The molecule has 0 rings (SSSR count). The lowest BCUT2D eigenvalue weighted by Gasteiger charge is -2.31. The topological polar surface area (TPSA) is 99.1 Å². The average Bonchev–Trinajstić information content (AvgIpc) is 3.12. The van der Waals surface area contributed by atoms with Crippen molar-refractivity contribution in [2.45, 2.75) is 187 Å². The quantitative estimate of drug-likeness (QED) is 0.0220. The van der Waals surface area contributed by atoms with Crippen LogP contribution in [0.5, 0.6) is 0 Å². The van der Waals surface area contributed by atoms with Crippen LogP contribution in [0.15, 0.2) is 48.6 Å². The second-order valence-electron chi connectivity index (χ2n) is 15.6. The number of rotatable bonds is 38. The molecule has 8 nitrogen and oxygen atoms in total. The predicted octanol–water partition coefficient (Wildman–Crippen LogP) is 11.6. The number of hydrogen-bond donors (Lipinski definition) is 1. The number of ether oxygens (including phenoxy) is 3. The highest BCUT2D eigenvalue weighted by Crippen LogP contribution is 2.14. The smallest absolute Gasteiger partial charge is 0.362 e. The van der Waals surface area contributed by atoms with E-state index in [0.717, 1.165) is 64.2 Å². The molecule has 0 aromatic heterocycles. The van der Waals surface area contributed by atoms with E-state index in [9.17, 15) is 19.5 Å². The number of carboxylic acids is 1. The molecule has 0 amide bonds. The Balaban J connectivity index is 4.38. The summed E-state index contributed by atoms with van der Waals surface area (Å²) >= 11 is 0. The van der Waals surface area contributed by atoms with Gasteiger partial charge in [0.2, 0.25) is 0 Å². The summed E-state index contributed by atoms with van der Waals surface area (Å²) in [4.78, 5) is 36.9. The van der Waals surface area contributed by atoms with E-state index in [1.807, 2.05) is 27.2 Å². The molecule has 0 saturated heterocycles. The van der Waals surface area contributed by atoms with Crippen molar-refractivity contribution >= 4 is 17.9 Å². The number of carbonyl (C=O) groups is 3. The third-order valence-electron chi connectivity index (χ3n) is 9.52. The van der Waals surface area contributed by atoms with Crippen LogP contribution in [0.25, 0.3) is 0 Å². The van der Waals surface area contributed by atoms with Gasteiger partial charge in [0.15, 0.2) is 12.1 Å². The van der Waals surface area contributed by atoms with Crippen molar-refractivity contribution in [2.24, 2.45) is 0 Å². The molecule has 2 atom stereocenters. The Labute approximate surface area is 331 Å². The largest absolute Gasteiger partial charge is 0.477 e. The van der Waals surface area contributed by atoms with Crippen LogP contribution in [0.3, 0.4) is 0 Å². The number of carbonyl (C=O) groups excluding carboxylic acids is 2. The predicted molar refractivity (Wildman–Crippen MR) is 224 cm³/mol. The van der Waals surface area contributed by atoms with Crippen LogP contribution < -0.4 is 0 Å². The van der Waals surface area contributed by atoms with Crippen LogP contribution in [0.1, 0.15) is 174 Å². The Bertz CT molecular complexity index is 1030. The van der Waals surface area contributed by atoms with Gasteiger partial charge >= 0.3 is 17.9 Å². The number of hydrogen-bond acceptors (Lipinski definition) is 6. The molecule has 0 aromatic rings. The molecule has 0 radical (unpaired) electrons. The summed E-state index contributed by atoms with van der Waals surface area (Å²) in [7, 11) is 5.51. The van der Waals surface area contributed by atoms with Gasteiger partial charge in [0, 0.05) is 19.3 Å². The number of allylic oxidation sites excluding steroid dienone is 8. The van der Waals surface area contributed by atoms with E-state index in [2.05, 4.69) is 56.4 Å². The van der Waals surface area contributed by atoms with Crippen LogP contribution in [0.4, 0.5) is 0 Å². The van der Waals surface area contributed by atoms with Crippen molar-refractivity contribution < 1.29 is 38.2 Å². The Hall–Kier alpha value is -2.71. The third-order valence-corrected chi connectivity index (χ3v) is 9.52. The standard InChI is InChI=1S/C46H81NO7/c1-6-8-10-12-14-16-18-20-21-22-23-25-27-29-31-33-35-37-45(49)54-42(40-52-39-38-43(46(50)51)47(3,4)5)41-53-44(48)36-34-32-30-28-26-24-19-17-15-13-11-9-7-2/h9,11,13,15,17,19-21,42-43H,6-8,10,12,14,16,18,22-41H2,1-5H3/p+1/b11-9+,15-13+,19-17+,21-20+. The van der Waals surface area contributed by atoms with Gasteiger partial charge in [0.1, 0.15) is 6.61 Å². The number of unbranched alkanes of at least 4 members (excludes halogenated alkanes) is 18. The van der Waals surface area contributed by atoms with Gasteiger partial charge in [-0.25, -0.2) is 4.79 Å². The molecule has 0 aliphatic rings. The van der Waals surface area contributed by atoms with Crippen molar-refractivity contribution in [3.63, 3.8) is 0 Å². The van der Waals surface area contributed by atoms with Crippen molar-refractivity contribution in [2.75, 3.05) is 41.0 Å². The van der Waals surface area contributed by atoms with Gasteiger partial charge in [0.25, 0.3) is 0 Å². The van der Waals surface area contributed by atoms with Crippen molar-refractivity contribution in [3.05, 3.63) is 48.6 Å². The van der Waals surface area contributed by atoms with Gasteiger partial charge in [0.05, 0.1) is 34.4 Å². The molecule has 0 heterocycles. The number of carboxylic acid groups (broad SMARTS) is 1. The van der Waals surface area contributed by atoms with Crippen molar-refractivity contribution in [1.82, 2.24) is 0 Å². The van der Waals surface area contributed by atoms with Gasteiger partial charge < -0.3 is 23.8 Å². The van der Waals surface area contributed by atoms with Crippen molar-refractivity contribution in [1.29, 1.82) is 0 Å². The van der Waals surface area contributed by atoms with E-state index < -0.39 is 18.1 Å². The normalized spacial score (nSPS) is 13.4. The Morgan fingerprint density at radius 3 is 1.57 bits per heavy atom. The second kappa shape index (κ2) is 37.2. The average molecular weight is 761 g/mol. The molecule has 2 unspecified atom stereocenters. The van der Waals surface area contributed by atoms with Gasteiger partial charge in [-0.2, -0.15) is 0 Å². The zero-order valence-corrected chi connectivity index (χ0v) is 35.4. The zero-order valence-electron chi connectivity index (χ0n) is 35.4. The molecule has 8 heteroatoms. The van der Waals surface area contributed by atoms with Gasteiger partial charge in [-0.3, -0.25) is 9.59 Å². The first kappa shape index (κ1) is 51.3. The summed E-state index contributed by atoms with van der Waals surface area (Å²) < 4.78 is 17.2. The summed E-state index contributed by atoms with van der Waals surface area (Å²) in [5.74, 6) is -1.50. The van der Waals surface area contributed by atoms with E-state index in [-0.39, 0.29) is 36.2 Å². The van der Waals surface area contributed by atoms with Crippen LogP contribution in [-0.4, -0.2) is 80.6 Å². The maximum absolute atomic E-state index is 12.7.